The van der Waals surface area contributed by atoms with Crippen LogP contribution < -0.4 is 10.1 Å². The molecule has 0 aromatic heterocycles. The van der Waals surface area contributed by atoms with Crippen LogP contribution in [-0.2, 0) is 4.74 Å². The summed E-state index contributed by atoms with van der Waals surface area (Å²) in [5.74, 6) is -0.264. The van der Waals surface area contributed by atoms with Gasteiger partial charge in [0, 0.05) is 19.7 Å². The van der Waals surface area contributed by atoms with E-state index >= 15 is 0 Å². The Labute approximate surface area is 107 Å². The summed E-state index contributed by atoms with van der Waals surface area (Å²) in [6.45, 7) is 4.34. The highest BCUT2D eigenvalue weighted by molar-refractivity contribution is 5.23. The Kier molecular flexibility index (Phi) is 7.32. The summed E-state index contributed by atoms with van der Waals surface area (Å²) in [6, 6.07) is 6.13. The molecule has 1 atom stereocenters. The fourth-order valence-corrected chi connectivity index (χ4v) is 1.36. The third-order valence-corrected chi connectivity index (χ3v) is 2.28. The molecule has 2 N–H and O–H groups in total. The lowest BCUT2D eigenvalue weighted by molar-refractivity contribution is 0.0985. The predicted molar refractivity (Wildman–Crippen MR) is 67.3 cm³/mol. The quantitative estimate of drug-likeness (QED) is 0.653. The molecule has 102 valence electrons. The Morgan fingerprint density at radius 2 is 2.17 bits per heavy atom. The second kappa shape index (κ2) is 8.85. The lowest BCUT2D eigenvalue weighted by Crippen LogP contribution is -2.33. The van der Waals surface area contributed by atoms with Crippen molar-refractivity contribution in [3.63, 3.8) is 0 Å². The molecule has 18 heavy (non-hydrogen) atoms. The van der Waals surface area contributed by atoms with Crippen LogP contribution in [0.25, 0.3) is 0 Å². The van der Waals surface area contributed by atoms with Crippen molar-refractivity contribution in [2.45, 2.75) is 13.0 Å². The normalized spacial score (nSPS) is 12.4. The van der Waals surface area contributed by atoms with E-state index in [2.05, 4.69) is 5.32 Å². The van der Waals surface area contributed by atoms with Crippen molar-refractivity contribution in [1.29, 1.82) is 0 Å². The van der Waals surface area contributed by atoms with Crippen molar-refractivity contribution in [1.82, 2.24) is 5.32 Å². The topological polar surface area (TPSA) is 50.7 Å². The molecule has 0 aliphatic heterocycles. The van der Waals surface area contributed by atoms with Gasteiger partial charge >= 0.3 is 0 Å². The van der Waals surface area contributed by atoms with Crippen molar-refractivity contribution in [2.75, 3.05) is 32.9 Å². The van der Waals surface area contributed by atoms with Crippen molar-refractivity contribution in [3.8, 4) is 5.75 Å². The highest BCUT2D eigenvalue weighted by Crippen LogP contribution is 2.15. The molecule has 0 amide bonds. The summed E-state index contributed by atoms with van der Waals surface area (Å²) in [6.07, 6.45) is -0.675. The lowest BCUT2D eigenvalue weighted by atomic mass is 10.3. The standard InChI is InChI=1S/C13H20FNO3/c1-2-17-8-7-15-9-11(16)10-18-13-6-4-3-5-12(13)14/h3-6,11,15-16H,2,7-10H2,1H3. The monoisotopic (exact) mass is 257 g/mol. The van der Waals surface area contributed by atoms with Crippen LogP contribution in [0.1, 0.15) is 6.92 Å². The molecule has 0 spiro atoms. The van der Waals surface area contributed by atoms with Crippen LogP contribution in [0.5, 0.6) is 5.75 Å². The van der Waals surface area contributed by atoms with E-state index < -0.39 is 11.9 Å². The molecule has 0 aliphatic carbocycles. The maximum Gasteiger partial charge on any atom is 0.165 e. The van der Waals surface area contributed by atoms with E-state index in [9.17, 15) is 9.50 Å². The Morgan fingerprint density at radius 3 is 2.89 bits per heavy atom. The van der Waals surface area contributed by atoms with E-state index in [0.717, 1.165) is 0 Å². The summed E-state index contributed by atoms with van der Waals surface area (Å²) in [5, 5.41) is 12.6. The molecule has 4 nitrogen and oxygen atoms in total. The molecule has 5 heteroatoms. The SMILES string of the molecule is CCOCCNCC(O)COc1ccccc1F. The van der Waals surface area contributed by atoms with E-state index in [0.29, 0.717) is 26.3 Å². The van der Waals surface area contributed by atoms with Crippen molar-refractivity contribution in [3.05, 3.63) is 30.1 Å². The Balaban J connectivity index is 2.13. The molecule has 1 rings (SSSR count). The first-order valence-corrected chi connectivity index (χ1v) is 6.08. The van der Waals surface area contributed by atoms with E-state index in [1.54, 1.807) is 12.1 Å². The minimum absolute atomic E-state index is 0.0581. The van der Waals surface area contributed by atoms with Gasteiger partial charge in [-0.2, -0.15) is 0 Å². The molecular formula is C13H20FNO3. The van der Waals surface area contributed by atoms with E-state index in [1.165, 1.54) is 12.1 Å². The molecule has 0 radical (unpaired) electrons. The average Bonchev–Trinajstić information content (AvgIpc) is 2.37. The predicted octanol–water partition coefficient (Wildman–Crippen LogP) is 1.19. The van der Waals surface area contributed by atoms with Crippen LogP contribution in [0.4, 0.5) is 4.39 Å². The lowest BCUT2D eigenvalue weighted by Gasteiger charge is -2.13. The van der Waals surface area contributed by atoms with Crippen LogP contribution in [0, 0.1) is 5.82 Å². The van der Waals surface area contributed by atoms with Gasteiger partial charge in [-0.05, 0) is 19.1 Å². The molecule has 1 unspecified atom stereocenters. The van der Waals surface area contributed by atoms with Gasteiger partial charge in [0.15, 0.2) is 11.6 Å². The van der Waals surface area contributed by atoms with E-state index in [4.69, 9.17) is 9.47 Å². The first-order valence-electron chi connectivity index (χ1n) is 6.08. The van der Waals surface area contributed by atoms with Crippen LogP contribution in [0.2, 0.25) is 0 Å². The summed E-state index contributed by atoms with van der Waals surface area (Å²) < 4.78 is 23.5. The third kappa shape index (κ3) is 5.95. The summed E-state index contributed by atoms with van der Waals surface area (Å²) in [5.41, 5.74) is 0. The van der Waals surface area contributed by atoms with Gasteiger partial charge in [0.05, 0.1) is 6.61 Å². The highest BCUT2D eigenvalue weighted by atomic mass is 19.1. The van der Waals surface area contributed by atoms with Gasteiger partial charge in [0.25, 0.3) is 0 Å². The maximum atomic E-state index is 13.2. The minimum atomic E-state index is -0.675. The largest absolute Gasteiger partial charge is 0.488 e. The van der Waals surface area contributed by atoms with E-state index in [1.807, 2.05) is 6.92 Å². The number of hydrogen-bond donors (Lipinski definition) is 2. The number of ether oxygens (including phenoxy) is 2. The van der Waals surface area contributed by atoms with Gasteiger partial charge in [-0.25, -0.2) is 4.39 Å². The first-order chi connectivity index (χ1) is 8.74. The van der Waals surface area contributed by atoms with Crippen molar-refractivity contribution in [2.24, 2.45) is 0 Å². The zero-order chi connectivity index (χ0) is 13.2. The molecule has 0 bridgehead atoms. The number of aliphatic hydroxyl groups is 1. The molecule has 0 heterocycles. The fourth-order valence-electron chi connectivity index (χ4n) is 1.36. The van der Waals surface area contributed by atoms with Crippen LogP contribution in [0.3, 0.4) is 0 Å². The first kappa shape index (κ1) is 14.9. The van der Waals surface area contributed by atoms with Crippen LogP contribution in [0.15, 0.2) is 24.3 Å². The number of halogens is 1. The van der Waals surface area contributed by atoms with Crippen LogP contribution >= 0.6 is 0 Å². The fraction of sp³-hybridized carbons (Fsp3) is 0.538. The number of benzene rings is 1. The van der Waals surface area contributed by atoms with Gasteiger partial charge in [-0.3, -0.25) is 0 Å². The zero-order valence-electron chi connectivity index (χ0n) is 10.6. The van der Waals surface area contributed by atoms with Gasteiger partial charge in [0.2, 0.25) is 0 Å². The molecule has 1 aromatic rings. The number of hydrogen-bond acceptors (Lipinski definition) is 4. The molecular weight excluding hydrogens is 237 g/mol. The zero-order valence-corrected chi connectivity index (χ0v) is 10.6. The minimum Gasteiger partial charge on any atom is -0.488 e. The van der Waals surface area contributed by atoms with Gasteiger partial charge in [0.1, 0.15) is 12.7 Å². The summed E-state index contributed by atoms with van der Waals surface area (Å²) in [4.78, 5) is 0. The molecule has 0 aliphatic rings. The Hall–Kier alpha value is -1.17. The van der Waals surface area contributed by atoms with Gasteiger partial charge in [-0.1, -0.05) is 12.1 Å². The van der Waals surface area contributed by atoms with Gasteiger partial charge in [-0.15, -0.1) is 0 Å². The number of para-hydroxylation sites is 1. The number of rotatable bonds is 9. The van der Waals surface area contributed by atoms with Crippen molar-refractivity contribution >= 4 is 0 Å². The molecule has 1 aromatic carbocycles. The second-order valence-electron chi connectivity index (χ2n) is 3.80. The molecule has 0 fully saturated rings. The number of nitrogens with one attached hydrogen (secondary N) is 1. The Bertz CT molecular complexity index is 336. The Morgan fingerprint density at radius 1 is 1.39 bits per heavy atom. The third-order valence-electron chi connectivity index (χ3n) is 2.28. The second-order valence-corrected chi connectivity index (χ2v) is 3.80. The molecule has 0 saturated carbocycles. The summed E-state index contributed by atoms with van der Waals surface area (Å²) in [7, 11) is 0. The highest BCUT2D eigenvalue weighted by Gasteiger charge is 2.07. The van der Waals surface area contributed by atoms with E-state index in [-0.39, 0.29) is 12.4 Å². The number of aliphatic hydroxyl groups excluding tert-OH is 1. The van der Waals surface area contributed by atoms with Crippen molar-refractivity contribution < 1.29 is 19.0 Å². The van der Waals surface area contributed by atoms with Gasteiger partial charge < -0.3 is 19.9 Å². The average molecular weight is 257 g/mol. The van der Waals surface area contributed by atoms with Crippen LogP contribution in [-0.4, -0.2) is 44.1 Å². The smallest absolute Gasteiger partial charge is 0.165 e. The molecule has 0 saturated heterocycles. The maximum absolute atomic E-state index is 13.2. The summed E-state index contributed by atoms with van der Waals surface area (Å²) >= 11 is 0.